The molecule has 32 heavy (non-hydrogen) atoms. The lowest BCUT2D eigenvalue weighted by atomic mass is 9.99. The van der Waals surface area contributed by atoms with Crippen LogP contribution >= 0.6 is 0 Å². The molecular weight excluding hydrogens is 421 g/mol. The summed E-state index contributed by atoms with van der Waals surface area (Å²) in [5.41, 5.74) is 3.36. The fourth-order valence-corrected chi connectivity index (χ4v) is 2.79. The fraction of sp³-hybridized carbons (Fsp3) is 0.0870. The van der Waals surface area contributed by atoms with Crippen molar-refractivity contribution >= 4 is 17.4 Å². The highest BCUT2D eigenvalue weighted by atomic mass is 19.4. The minimum atomic E-state index is -4.53. The second kappa shape index (κ2) is 9.66. The van der Waals surface area contributed by atoms with Crippen molar-refractivity contribution in [3.8, 4) is 11.8 Å². The summed E-state index contributed by atoms with van der Waals surface area (Å²) < 4.78 is 39.5. The molecule has 2 amide bonds. The predicted octanol–water partition coefficient (Wildman–Crippen LogP) is 5.05. The molecule has 0 bridgehead atoms. The van der Waals surface area contributed by atoms with Gasteiger partial charge in [0.2, 0.25) is 0 Å². The maximum atomic E-state index is 13.2. The van der Waals surface area contributed by atoms with Gasteiger partial charge >= 0.3 is 12.2 Å². The van der Waals surface area contributed by atoms with E-state index in [1.807, 2.05) is 6.07 Å². The first kappa shape index (κ1) is 22.4. The monoisotopic (exact) mass is 438 g/mol. The van der Waals surface area contributed by atoms with Crippen LogP contribution in [0.25, 0.3) is 0 Å². The number of hydrogen-bond acceptors (Lipinski definition) is 4. The second-order valence-corrected chi connectivity index (χ2v) is 6.74. The van der Waals surface area contributed by atoms with Crippen LogP contribution in [0, 0.1) is 11.3 Å². The number of aromatic hydroxyl groups is 1. The van der Waals surface area contributed by atoms with Gasteiger partial charge in [0.15, 0.2) is 0 Å². The molecule has 0 aromatic heterocycles. The van der Waals surface area contributed by atoms with Crippen LogP contribution < -0.4 is 10.7 Å². The van der Waals surface area contributed by atoms with Crippen molar-refractivity contribution in [1.29, 1.82) is 5.26 Å². The molecule has 0 atom stereocenters. The first-order chi connectivity index (χ1) is 15.2. The number of urea groups is 1. The molecule has 0 saturated carbocycles. The average Bonchev–Trinajstić information content (AvgIpc) is 2.78. The molecule has 0 heterocycles. The summed E-state index contributed by atoms with van der Waals surface area (Å²) in [6.07, 6.45) is -4.41. The van der Waals surface area contributed by atoms with Crippen LogP contribution in [0.4, 0.5) is 23.7 Å². The molecule has 0 aliphatic rings. The van der Waals surface area contributed by atoms with Crippen molar-refractivity contribution in [3.63, 3.8) is 0 Å². The van der Waals surface area contributed by atoms with Crippen molar-refractivity contribution in [2.75, 3.05) is 5.32 Å². The molecule has 0 radical (unpaired) electrons. The highest BCUT2D eigenvalue weighted by Gasteiger charge is 2.30. The van der Waals surface area contributed by atoms with Crippen molar-refractivity contribution in [2.45, 2.75) is 12.6 Å². The van der Waals surface area contributed by atoms with Crippen LogP contribution in [0.15, 0.2) is 77.9 Å². The number of carbonyl (C=O) groups is 1. The zero-order chi connectivity index (χ0) is 23.1. The molecule has 6 nitrogen and oxygen atoms in total. The van der Waals surface area contributed by atoms with Crippen LogP contribution in [-0.4, -0.2) is 16.8 Å². The second-order valence-electron chi connectivity index (χ2n) is 6.74. The molecule has 0 fully saturated rings. The molecule has 0 aliphatic carbocycles. The van der Waals surface area contributed by atoms with Gasteiger partial charge in [-0.05, 0) is 59.7 Å². The topological polar surface area (TPSA) is 97.5 Å². The van der Waals surface area contributed by atoms with E-state index < -0.39 is 17.8 Å². The molecule has 0 unspecified atom stereocenters. The van der Waals surface area contributed by atoms with E-state index in [2.05, 4.69) is 15.8 Å². The summed E-state index contributed by atoms with van der Waals surface area (Å²) in [6, 6.07) is 18.2. The highest BCUT2D eigenvalue weighted by Crippen LogP contribution is 2.30. The number of rotatable bonds is 5. The predicted molar refractivity (Wildman–Crippen MR) is 113 cm³/mol. The smallest absolute Gasteiger partial charge is 0.416 e. The summed E-state index contributed by atoms with van der Waals surface area (Å²) in [5.74, 6) is 0.0308. The van der Waals surface area contributed by atoms with Gasteiger partial charge in [0.25, 0.3) is 0 Å². The number of hydrogen-bond donors (Lipinski definition) is 3. The third-order valence-electron chi connectivity index (χ3n) is 4.40. The molecule has 3 rings (SSSR count). The van der Waals surface area contributed by atoms with E-state index in [9.17, 15) is 23.1 Å². The number of hydrazone groups is 1. The van der Waals surface area contributed by atoms with E-state index in [0.717, 1.165) is 12.1 Å². The molecule has 3 aromatic carbocycles. The number of phenols is 1. The molecule has 3 N–H and O–H groups in total. The molecule has 0 aliphatic heterocycles. The maximum Gasteiger partial charge on any atom is 0.416 e. The van der Waals surface area contributed by atoms with Crippen molar-refractivity contribution in [3.05, 3.63) is 95.1 Å². The number of amides is 2. The average molecular weight is 438 g/mol. The van der Waals surface area contributed by atoms with E-state index in [4.69, 9.17) is 5.26 Å². The van der Waals surface area contributed by atoms with Gasteiger partial charge in [0.1, 0.15) is 5.75 Å². The number of benzene rings is 3. The van der Waals surface area contributed by atoms with E-state index in [-0.39, 0.29) is 23.4 Å². The number of halogens is 3. The number of nitriles is 1. The highest BCUT2D eigenvalue weighted by molar-refractivity contribution is 6.03. The molecule has 0 spiro atoms. The Balaban J connectivity index is 1.86. The lowest BCUT2D eigenvalue weighted by molar-refractivity contribution is -0.137. The first-order valence-corrected chi connectivity index (χ1v) is 9.34. The van der Waals surface area contributed by atoms with Gasteiger partial charge < -0.3 is 10.4 Å². The molecule has 9 heteroatoms. The van der Waals surface area contributed by atoms with Crippen LogP contribution in [0.3, 0.4) is 0 Å². The number of anilines is 1. The van der Waals surface area contributed by atoms with Crippen LogP contribution in [0.2, 0.25) is 0 Å². The zero-order valence-corrected chi connectivity index (χ0v) is 16.5. The maximum absolute atomic E-state index is 13.2. The van der Waals surface area contributed by atoms with Crippen molar-refractivity contribution < 1.29 is 23.1 Å². The Hall–Kier alpha value is -4.32. The van der Waals surface area contributed by atoms with Crippen LogP contribution in [-0.2, 0) is 12.6 Å². The largest absolute Gasteiger partial charge is 0.508 e. The standard InChI is InChI=1S/C23H17F3N4O2/c24-23(25,26)18-3-1-2-17(13-18)21(12-15-4-6-16(14-27)7-5-15)29-30-22(32)28-19-8-10-20(31)11-9-19/h1-11,13,31H,12H2,(H2,28,30,32)/b29-21-. The van der Waals surface area contributed by atoms with Gasteiger partial charge in [-0.25, -0.2) is 10.2 Å². The third kappa shape index (κ3) is 6.09. The van der Waals surface area contributed by atoms with Crippen LogP contribution in [0.1, 0.15) is 22.3 Å². The quantitative estimate of drug-likeness (QED) is 0.295. The van der Waals surface area contributed by atoms with Gasteiger partial charge in [-0.3, -0.25) is 0 Å². The molecular formula is C23H17F3N4O2. The first-order valence-electron chi connectivity index (χ1n) is 9.34. The molecule has 3 aromatic rings. The van der Waals surface area contributed by atoms with Gasteiger partial charge in [-0.15, -0.1) is 0 Å². The number of nitrogens with one attached hydrogen (secondary N) is 2. The molecule has 162 valence electrons. The van der Waals surface area contributed by atoms with Crippen molar-refractivity contribution in [1.82, 2.24) is 5.43 Å². The van der Waals surface area contributed by atoms with E-state index in [0.29, 0.717) is 16.8 Å². The lowest BCUT2D eigenvalue weighted by Crippen LogP contribution is -2.26. The summed E-state index contributed by atoms with van der Waals surface area (Å²) in [7, 11) is 0. The Bertz CT molecular complexity index is 1170. The van der Waals surface area contributed by atoms with E-state index >= 15 is 0 Å². The Labute approximate surface area is 181 Å². The minimum absolute atomic E-state index is 0.0308. The Morgan fingerprint density at radius 2 is 1.72 bits per heavy atom. The van der Waals surface area contributed by atoms with E-state index in [1.54, 1.807) is 24.3 Å². The SMILES string of the molecule is N#Cc1ccc(C/C(=N/NC(=O)Nc2ccc(O)cc2)c2cccc(C(F)(F)F)c2)cc1. The summed E-state index contributed by atoms with van der Waals surface area (Å²) >= 11 is 0. The van der Waals surface area contributed by atoms with Crippen molar-refractivity contribution in [2.24, 2.45) is 5.10 Å². The van der Waals surface area contributed by atoms with Gasteiger partial charge in [0, 0.05) is 12.1 Å². The summed E-state index contributed by atoms with van der Waals surface area (Å²) in [6.45, 7) is 0. The Morgan fingerprint density at radius 1 is 1.03 bits per heavy atom. The third-order valence-corrected chi connectivity index (χ3v) is 4.40. The van der Waals surface area contributed by atoms with Gasteiger partial charge in [-0.1, -0.05) is 24.3 Å². The fourth-order valence-electron chi connectivity index (χ4n) is 2.79. The number of phenolic OH excluding ortho intramolecular Hbond substituents is 1. The van der Waals surface area contributed by atoms with Gasteiger partial charge in [-0.2, -0.15) is 23.5 Å². The normalized spacial score (nSPS) is 11.5. The van der Waals surface area contributed by atoms with Crippen LogP contribution in [0.5, 0.6) is 5.75 Å². The summed E-state index contributed by atoms with van der Waals surface area (Å²) in [4.78, 5) is 12.2. The Kier molecular flexibility index (Phi) is 6.75. The van der Waals surface area contributed by atoms with E-state index in [1.165, 1.54) is 36.4 Å². The Morgan fingerprint density at radius 3 is 2.34 bits per heavy atom. The number of alkyl halides is 3. The number of carbonyl (C=O) groups excluding carboxylic acids is 1. The zero-order valence-electron chi connectivity index (χ0n) is 16.5. The minimum Gasteiger partial charge on any atom is -0.508 e. The lowest BCUT2D eigenvalue weighted by Gasteiger charge is -2.12. The number of nitrogens with zero attached hydrogens (tertiary/aromatic N) is 2. The van der Waals surface area contributed by atoms with Gasteiger partial charge in [0.05, 0.1) is 22.9 Å². The summed E-state index contributed by atoms with van der Waals surface area (Å²) in [5, 5.41) is 24.8. The molecule has 0 saturated heterocycles.